The summed E-state index contributed by atoms with van der Waals surface area (Å²) >= 11 is 0. The van der Waals surface area contributed by atoms with E-state index < -0.39 is 0 Å². The van der Waals surface area contributed by atoms with Crippen LogP contribution in [0.5, 0.6) is 5.75 Å². The third kappa shape index (κ3) is 2.51. The molecule has 3 heterocycles. The van der Waals surface area contributed by atoms with E-state index >= 15 is 0 Å². The second kappa shape index (κ2) is 5.79. The zero-order chi connectivity index (χ0) is 17.4. The van der Waals surface area contributed by atoms with Gasteiger partial charge < -0.3 is 15.8 Å². The van der Waals surface area contributed by atoms with Crippen LogP contribution in [0.2, 0.25) is 0 Å². The monoisotopic (exact) mass is 333 g/mol. The second-order valence-electron chi connectivity index (χ2n) is 5.49. The summed E-state index contributed by atoms with van der Waals surface area (Å²) in [6, 6.07) is 13.0. The van der Waals surface area contributed by atoms with Gasteiger partial charge in [-0.15, -0.1) is 0 Å². The van der Waals surface area contributed by atoms with Crippen molar-refractivity contribution in [3.63, 3.8) is 0 Å². The summed E-state index contributed by atoms with van der Waals surface area (Å²) in [5.41, 5.74) is 7.72. The van der Waals surface area contributed by atoms with E-state index in [0.717, 1.165) is 16.6 Å². The first-order chi connectivity index (χ1) is 12.2. The number of methoxy groups -OCH3 is 1. The number of rotatable bonds is 3. The summed E-state index contributed by atoms with van der Waals surface area (Å²) in [6.45, 7) is 0. The third-order valence-electron chi connectivity index (χ3n) is 3.94. The molecule has 0 atom stereocenters. The van der Waals surface area contributed by atoms with Crippen LogP contribution in [0.4, 0.5) is 17.2 Å². The van der Waals surface area contributed by atoms with Crippen LogP contribution in [0, 0.1) is 0 Å². The number of hydrogen-bond acceptors (Lipinski definition) is 6. The molecule has 3 N–H and O–H groups in total. The van der Waals surface area contributed by atoms with Crippen molar-refractivity contribution in [1.29, 1.82) is 0 Å². The number of benzene rings is 1. The molecule has 0 aliphatic rings. The van der Waals surface area contributed by atoms with Gasteiger partial charge in [0, 0.05) is 23.5 Å². The summed E-state index contributed by atoms with van der Waals surface area (Å²) < 4.78 is 6.65. The number of fused-ring (bicyclic) bond motifs is 2. The Bertz CT molecular complexity index is 1150. The fourth-order valence-electron chi connectivity index (χ4n) is 2.70. The zero-order valence-corrected chi connectivity index (χ0v) is 13.4. The lowest BCUT2D eigenvalue weighted by Gasteiger charge is -2.12. The molecule has 124 valence electrons. The molecule has 1 aromatic carbocycles. The fraction of sp³-hybridized carbons (Fsp3) is 0.0556. The van der Waals surface area contributed by atoms with E-state index in [9.17, 15) is 4.79 Å². The fourth-order valence-corrected chi connectivity index (χ4v) is 2.70. The lowest BCUT2D eigenvalue weighted by molar-refractivity contribution is 0.416. The molecule has 0 saturated heterocycles. The smallest absolute Gasteiger partial charge is 0.283 e. The number of nitrogens with zero attached hydrogens (tertiary/aromatic N) is 3. The van der Waals surface area contributed by atoms with Crippen molar-refractivity contribution in [2.45, 2.75) is 0 Å². The highest BCUT2D eigenvalue weighted by Crippen LogP contribution is 2.24. The van der Waals surface area contributed by atoms with Gasteiger partial charge >= 0.3 is 0 Å². The van der Waals surface area contributed by atoms with Crippen LogP contribution in [0.3, 0.4) is 0 Å². The SMILES string of the molecule is COc1cccn2c(=O)c(N)c(Nc3ccc4ncccc4c3)nc12. The van der Waals surface area contributed by atoms with Gasteiger partial charge in [-0.05, 0) is 36.4 Å². The molecule has 0 fully saturated rings. The minimum atomic E-state index is -0.353. The van der Waals surface area contributed by atoms with E-state index in [1.165, 1.54) is 11.5 Å². The first-order valence-corrected chi connectivity index (χ1v) is 7.64. The average molecular weight is 333 g/mol. The molecule has 0 aliphatic carbocycles. The largest absolute Gasteiger partial charge is 0.493 e. The Morgan fingerprint density at radius 2 is 2.08 bits per heavy atom. The van der Waals surface area contributed by atoms with Crippen LogP contribution >= 0.6 is 0 Å². The maximum atomic E-state index is 12.5. The number of anilines is 3. The van der Waals surface area contributed by atoms with E-state index in [4.69, 9.17) is 10.5 Å². The Morgan fingerprint density at radius 3 is 2.92 bits per heavy atom. The Balaban J connectivity index is 1.85. The molecule has 0 saturated carbocycles. The maximum Gasteiger partial charge on any atom is 0.283 e. The Hall–Kier alpha value is -3.61. The Labute approximate surface area is 142 Å². The van der Waals surface area contributed by atoms with Crippen LogP contribution in [-0.4, -0.2) is 21.5 Å². The Morgan fingerprint density at radius 1 is 1.20 bits per heavy atom. The second-order valence-corrected chi connectivity index (χ2v) is 5.49. The van der Waals surface area contributed by atoms with Crippen molar-refractivity contribution < 1.29 is 4.74 Å². The highest BCUT2D eigenvalue weighted by atomic mass is 16.5. The molecule has 0 spiro atoms. The van der Waals surface area contributed by atoms with Gasteiger partial charge in [-0.2, -0.15) is 0 Å². The van der Waals surface area contributed by atoms with Crippen molar-refractivity contribution in [1.82, 2.24) is 14.4 Å². The molecule has 0 aliphatic heterocycles. The predicted octanol–water partition coefficient (Wildman–Crippen LogP) is 2.58. The van der Waals surface area contributed by atoms with Crippen LogP contribution in [0.1, 0.15) is 0 Å². The van der Waals surface area contributed by atoms with Crippen molar-refractivity contribution in [3.8, 4) is 5.75 Å². The van der Waals surface area contributed by atoms with Crippen molar-refractivity contribution in [3.05, 3.63) is 65.2 Å². The standard InChI is InChI=1S/C18H15N5O2/c1-25-14-5-3-9-23-17(14)22-16(15(19)18(23)24)21-12-6-7-13-11(10-12)4-2-8-20-13/h2-10,21H,19H2,1H3. The van der Waals surface area contributed by atoms with E-state index in [1.54, 1.807) is 24.5 Å². The molecule has 7 nitrogen and oxygen atoms in total. The van der Waals surface area contributed by atoms with Crippen LogP contribution in [0.15, 0.2) is 59.7 Å². The molecule has 0 unspecified atom stereocenters. The quantitative estimate of drug-likeness (QED) is 0.598. The predicted molar refractivity (Wildman–Crippen MR) is 97.5 cm³/mol. The molecule has 7 heteroatoms. The molecular formula is C18H15N5O2. The van der Waals surface area contributed by atoms with Crippen LogP contribution in [0.25, 0.3) is 16.6 Å². The number of nitrogens with one attached hydrogen (secondary N) is 1. The van der Waals surface area contributed by atoms with Crippen LogP contribution < -0.4 is 21.3 Å². The topological polar surface area (TPSA) is 94.5 Å². The van der Waals surface area contributed by atoms with E-state index in [2.05, 4.69) is 15.3 Å². The summed E-state index contributed by atoms with van der Waals surface area (Å²) in [5.74, 6) is 0.781. The molecule has 25 heavy (non-hydrogen) atoms. The highest BCUT2D eigenvalue weighted by molar-refractivity contribution is 5.84. The minimum absolute atomic E-state index is 0.0389. The molecule has 4 aromatic rings. The summed E-state index contributed by atoms with van der Waals surface area (Å²) in [4.78, 5) is 21.3. The normalized spacial score (nSPS) is 10.9. The van der Waals surface area contributed by atoms with E-state index in [0.29, 0.717) is 11.4 Å². The number of hydrogen-bond donors (Lipinski definition) is 2. The highest BCUT2D eigenvalue weighted by Gasteiger charge is 2.13. The van der Waals surface area contributed by atoms with E-state index in [1.807, 2.05) is 30.3 Å². The van der Waals surface area contributed by atoms with Gasteiger partial charge in [0.1, 0.15) is 5.69 Å². The van der Waals surface area contributed by atoms with Gasteiger partial charge in [0.05, 0.1) is 12.6 Å². The van der Waals surface area contributed by atoms with Crippen molar-refractivity contribution in [2.24, 2.45) is 0 Å². The molecule has 0 radical (unpaired) electrons. The molecule has 0 bridgehead atoms. The number of ether oxygens (including phenoxy) is 1. The molecule has 0 amide bonds. The van der Waals surface area contributed by atoms with Crippen molar-refractivity contribution >= 4 is 33.7 Å². The average Bonchev–Trinajstić information content (AvgIpc) is 2.65. The van der Waals surface area contributed by atoms with E-state index in [-0.39, 0.29) is 17.1 Å². The summed E-state index contributed by atoms with van der Waals surface area (Å²) in [7, 11) is 1.53. The lowest BCUT2D eigenvalue weighted by Crippen LogP contribution is -2.21. The first-order valence-electron chi connectivity index (χ1n) is 7.64. The zero-order valence-electron chi connectivity index (χ0n) is 13.4. The number of pyridine rings is 2. The van der Waals surface area contributed by atoms with Gasteiger partial charge in [0.25, 0.3) is 5.56 Å². The third-order valence-corrected chi connectivity index (χ3v) is 3.94. The van der Waals surface area contributed by atoms with Gasteiger partial charge in [-0.25, -0.2) is 4.98 Å². The van der Waals surface area contributed by atoms with Gasteiger partial charge in [-0.3, -0.25) is 14.2 Å². The number of nitrogen functional groups attached to an aromatic ring is 1. The van der Waals surface area contributed by atoms with Gasteiger partial charge in [-0.1, -0.05) is 6.07 Å². The lowest BCUT2D eigenvalue weighted by atomic mass is 10.2. The number of nitrogens with two attached hydrogens (primary N) is 1. The molecular weight excluding hydrogens is 318 g/mol. The maximum absolute atomic E-state index is 12.5. The summed E-state index contributed by atoms with van der Waals surface area (Å²) in [6.07, 6.45) is 3.35. The Kier molecular flexibility index (Phi) is 3.46. The van der Waals surface area contributed by atoms with Gasteiger partial charge in [0.2, 0.25) is 0 Å². The first kappa shape index (κ1) is 14.9. The minimum Gasteiger partial charge on any atom is -0.493 e. The van der Waals surface area contributed by atoms with Gasteiger partial charge in [0.15, 0.2) is 17.2 Å². The molecule has 4 rings (SSSR count). The van der Waals surface area contributed by atoms with Crippen LogP contribution in [-0.2, 0) is 0 Å². The number of aromatic nitrogens is 3. The van der Waals surface area contributed by atoms with Crippen molar-refractivity contribution in [2.75, 3.05) is 18.2 Å². The molecule has 3 aromatic heterocycles. The summed E-state index contributed by atoms with van der Waals surface area (Å²) in [5, 5.41) is 4.09.